The molecule has 106 valence electrons. The van der Waals surface area contributed by atoms with E-state index in [0.29, 0.717) is 24.4 Å². The Kier molecular flexibility index (Phi) is 7.37. The highest BCUT2D eigenvalue weighted by Gasteiger charge is 2.31. The van der Waals surface area contributed by atoms with Gasteiger partial charge in [0.15, 0.2) is 0 Å². The van der Waals surface area contributed by atoms with Crippen LogP contribution >= 0.6 is 24.2 Å². The topological polar surface area (TPSA) is 50.4 Å². The highest BCUT2D eigenvalue weighted by molar-refractivity contribution is 7.99. The fourth-order valence-corrected chi connectivity index (χ4v) is 3.71. The molecule has 2 N–H and O–H groups in total. The maximum absolute atomic E-state index is 12.0. The van der Waals surface area contributed by atoms with Gasteiger partial charge in [-0.15, -0.1) is 12.4 Å². The first-order valence-corrected chi connectivity index (χ1v) is 7.60. The van der Waals surface area contributed by atoms with Crippen molar-refractivity contribution in [2.45, 2.75) is 43.6 Å². The molecular weight excluding hydrogens is 272 g/mol. The molecule has 3 atom stereocenters. The maximum Gasteiger partial charge on any atom is 0.250 e. The maximum atomic E-state index is 12.0. The van der Waals surface area contributed by atoms with Gasteiger partial charge in [0, 0.05) is 24.4 Å². The third-order valence-corrected chi connectivity index (χ3v) is 4.71. The second-order valence-corrected chi connectivity index (χ2v) is 6.12. The molecule has 0 aromatic rings. The standard InChI is InChI=1S/C12H22N2O2S.ClH/c1-2-17-11-5-3-4-9(11)14-12(15)10-8-13-6-7-16-10;/h9-11,13H,2-8H2,1H3,(H,14,15);1H. The summed E-state index contributed by atoms with van der Waals surface area (Å²) in [6.45, 7) is 4.30. The van der Waals surface area contributed by atoms with Crippen molar-refractivity contribution in [3.05, 3.63) is 0 Å². The molecule has 2 rings (SSSR count). The Hall–Kier alpha value is 0.0300. The Morgan fingerprint density at radius 1 is 1.50 bits per heavy atom. The zero-order valence-corrected chi connectivity index (χ0v) is 12.4. The van der Waals surface area contributed by atoms with Crippen LogP contribution in [-0.2, 0) is 9.53 Å². The number of carbonyl (C=O) groups excluding carboxylic acids is 1. The number of carbonyl (C=O) groups is 1. The van der Waals surface area contributed by atoms with Crippen LogP contribution in [0.25, 0.3) is 0 Å². The monoisotopic (exact) mass is 294 g/mol. The Labute approximate surface area is 119 Å². The molecule has 1 aliphatic carbocycles. The molecule has 0 aromatic heterocycles. The summed E-state index contributed by atoms with van der Waals surface area (Å²) in [6, 6.07) is 0.345. The van der Waals surface area contributed by atoms with E-state index >= 15 is 0 Å². The van der Waals surface area contributed by atoms with E-state index in [1.54, 1.807) is 0 Å². The molecule has 1 saturated heterocycles. The predicted octanol–water partition coefficient (Wildman–Crippen LogP) is 1.19. The molecule has 2 fully saturated rings. The normalized spacial score (nSPS) is 31.7. The average molecular weight is 295 g/mol. The summed E-state index contributed by atoms with van der Waals surface area (Å²) >= 11 is 1.96. The van der Waals surface area contributed by atoms with Crippen molar-refractivity contribution in [2.75, 3.05) is 25.4 Å². The van der Waals surface area contributed by atoms with Crippen LogP contribution in [-0.4, -0.2) is 48.8 Å². The zero-order chi connectivity index (χ0) is 12.1. The van der Waals surface area contributed by atoms with E-state index in [-0.39, 0.29) is 24.4 Å². The molecule has 0 radical (unpaired) electrons. The minimum atomic E-state index is -0.295. The Bertz CT molecular complexity index is 262. The van der Waals surface area contributed by atoms with Crippen LogP contribution in [0.4, 0.5) is 0 Å². The van der Waals surface area contributed by atoms with E-state index in [1.807, 2.05) is 11.8 Å². The van der Waals surface area contributed by atoms with Gasteiger partial charge in [0.05, 0.1) is 6.61 Å². The van der Waals surface area contributed by atoms with Gasteiger partial charge in [0.25, 0.3) is 5.91 Å². The molecular formula is C12H23ClN2O2S. The van der Waals surface area contributed by atoms with Crippen LogP contribution in [0.3, 0.4) is 0 Å². The first kappa shape index (κ1) is 16.1. The number of morpholine rings is 1. The molecule has 2 aliphatic rings. The SMILES string of the molecule is CCSC1CCCC1NC(=O)C1CNCCO1.Cl. The van der Waals surface area contributed by atoms with Crippen LogP contribution in [0.1, 0.15) is 26.2 Å². The third kappa shape index (κ3) is 4.30. The van der Waals surface area contributed by atoms with Crippen molar-refractivity contribution < 1.29 is 9.53 Å². The van der Waals surface area contributed by atoms with E-state index in [0.717, 1.165) is 18.7 Å². The first-order valence-electron chi connectivity index (χ1n) is 6.55. The van der Waals surface area contributed by atoms with Crippen molar-refractivity contribution in [1.29, 1.82) is 0 Å². The molecule has 3 unspecified atom stereocenters. The molecule has 0 spiro atoms. The smallest absolute Gasteiger partial charge is 0.250 e. The lowest BCUT2D eigenvalue weighted by Gasteiger charge is -2.26. The van der Waals surface area contributed by atoms with E-state index in [2.05, 4.69) is 17.6 Å². The minimum Gasteiger partial charge on any atom is -0.366 e. The quantitative estimate of drug-likeness (QED) is 0.818. The fraction of sp³-hybridized carbons (Fsp3) is 0.917. The summed E-state index contributed by atoms with van der Waals surface area (Å²) in [4.78, 5) is 12.0. The Morgan fingerprint density at radius 2 is 2.33 bits per heavy atom. The van der Waals surface area contributed by atoms with Gasteiger partial charge >= 0.3 is 0 Å². The lowest BCUT2D eigenvalue weighted by molar-refractivity contribution is -0.134. The van der Waals surface area contributed by atoms with Gasteiger partial charge in [-0.2, -0.15) is 11.8 Å². The van der Waals surface area contributed by atoms with Gasteiger partial charge in [0.1, 0.15) is 6.10 Å². The average Bonchev–Trinajstić information content (AvgIpc) is 2.78. The molecule has 1 saturated carbocycles. The number of hydrogen-bond acceptors (Lipinski definition) is 4. The van der Waals surface area contributed by atoms with Crippen molar-refractivity contribution >= 4 is 30.1 Å². The summed E-state index contributed by atoms with van der Waals surface area (Å²) in [5.74, 6) is 1.18. The summed E-state index contributed by atoms with van der Waals surface area (Å²) in [5, 5.41) is 6.94. The van der Waals surface area contributed by atoms with Crippen LogP contribution in [0.15, 0.2) is 0 Å². The lowest BCUT2D eigenvalue weighted by atomic mass is 10.2. The predicted molar refractivity (Wildman–Crippen MR) is 77.6 cm³/mol. The molecule has 1 aliphatic heterocycles. The Morgan fingerprint density at radius 3 is 3.00 bits per heavy atom. The van der Waals surface area contributed by atoms with Crippen molar-refractivity contribution in [3.8, 4) is 0 Å². The summed E-state index contributed by atoms with van der Waals surface area (Å²) in [7, 11) is 0. The van der Waals surface area contributed by atoms with Crippen molar-refractivity contribution in [1.82, 2.24) is 10.6 Å². The number of hydrogen-bond donors (Lipinski definition) is 2. The van der Waals surface area contributed by atoms with Gasteiger partial charge in [-0.1, -0.05) is 13.3 Å². The lowest BCUT2D eigenvalue weighted by Crippen LogP contribution is -2.51. The summed E-state index contributed by atoms with van der Waals surface area (Å²) in [6.07, 6.45) is 3.28. The van der Waals surface area contributed by atoms with Crippen LogP contribution < -0.4 is 10.6 Å². The van der Waals surface area contributed by atoms with E-state index in [9.17, 15) is 4.79 Å². The molecule has 18 heavy (non-hydrogen) atoms. The highest BCUT2D eigenvalue weighted by atomic mass is 35.5. The van der Waals surface area contributed by atoms with E-state index in [4.69, 9.17) is 4.74 Å². The molecule has 6 heteroatoms. The van der Waals surface area contributed by atoms with Crippen molar-refractivity contribution in [2.24, 2.45) is 0 Å². The molecule has 1 amide bonds. The van der Waals surface area contributed by atoms with Crippen LogP contribution in [0, 0.1) is 0 Å². The number of halogens is 1. The van der Waals surface area contributed by atoms with E-state index in [1.165, 1.54) is 12.8 Å². The zero-order valence-electron chi connectivity index (χ0n) is 10.8. The van der Waals surface area contributed by atoms with Gasteiger partial charge in [-0.25, -0.2) is 0 Å². The summed E-state index contributed by atoms with van der Waals surface area (Å²) < 4.78 is 5.46. The molecule has 0 aromatic carbocycles. The van der Waals surface area contributed by atoms with E-state index < -0.39 is 0 Å². The van der Waals surface area contributed by atoms with Gasteiger partial charge in [-0.3, -0.25) is 4.79 Å². The fourth-order valence-electron chi connectivity index (χ4n) is 2.51. The van der Waals surface area contributed by atoms with Gasteiger partial charge in [-0.05, 0) is 18.6 Å². The van der Waals surface area contributed by atoms with Crippen molar-refractivity contribution in [3.63, 3.8) is 0 Å². The van der Waals surface area contributed by atoms with Gasteiger partial charge < -0.3 is 15.4 Å². The number of amides is 1. The number of thioether (sulfide) groups is 1. The molecule has 1 heterocycles. The second-order valence-electron chi connectivity index (χ2n) is 4.60. The number of ether oxygens (including phenoxy) is 1. The third-order valence-electron chi connectivity index (χ3n) is 3.38. The van der Waals surface area contributed by atoms with Crippen LogP contribution in [0.5, 0.6) is 0 Å². The summed E-state index contributed by atoms with van der Waals surface area (Å²) in [5.41, 5.74) is 0. The number of nitrogens with one attached hydrogen (secondary N) is 2. The van der Waals surface area contributed by atoms with Crippen LogP contribution in [0.2, 0.25) is 0 Å². The molecule has 0 bridgehead atoms. The Balaban J connectivity index is 0.00000162. The highest BCUT2D eigenvalue weighted by Crippen LogP contribution is 2.29. The van der Waals surface area contributed by atoms with Gasteiger partial charge in [0.2, 0.25) is 0 Å². The second kappa shape index (κ2) is 8.25. The first-order chi connectivity index (χ1) is 8.31. The minimum absolute atomic E-state index is 0. The molecule has 4 nitrogen and oxygen atoms in total. The largest absolute Gasteiger partial charge is 0.366 e. The number of rotatable bonds is 4.